The van der Waals surface area contributed by atoms with Gasteiger partial charge in [0.2, 0.25) is 0 Å². The summed E-state index contributed by atoms with van der Waals surface area (Å²) in [5, 5.41) is 3.84. The number of carbonyl (C=O) groups is 1. The molecule has 0 unspecified atom stereocenters. The first-order valence-corrected chi connectivity index (χ1v) is 7.85. The predicted molar refractivity (Wildman–Crippen MR) is 84.2 cm³/mol. The van der Waals surface area contributed by atoms with Gasteiger partial charge in [-0.25, -0.2) is 0 Å². The van der Waals surface area contributed by atoms with E-state index in [-0.39, 0.29) is 6.61 Å². The molecule has 2 heterocycles. The van der Waals surface area contributed by atoms with Gasteiger partial charge in [-0.2, -0.15) is 0 Å². The fourth-order valence-electron chi connectivity index (χ4n) is 2.73. The molecule has 0 amide bonds. The zero-order valence-electron chi connectivity index (χ0n) is 13.7. The van der Waals surface area contributed by atoms with Crippen LogP contribution in [0.15, 0.2) is 35.5 Å². The molecule has 0 aliphatic carbocycles. The van der Waals surface area contributed by atoms with Crippen LogP contribution < -0.4 is 0 Å². The minimum atomic E-state index is -0.752. The van der Waals surface area contributed by atoms with E-state index in [0.717, 1.165) is 5.56 Å². The van der Waals surface area contributed by atoms with E-state index in [1.807, 2.05) is 30.3 Å². The average molecular weight is 335 g/mol. The van der Waals surface area contributed by atoms with Crippen molar-refractivity contribution in [1.82, 2.24) is 0 Å². The van der Waals surface area contributed by atoms with Crippen molar-refractivity contribution in [3.8, 4) is 0 Å². The monoisotopic (exact) mass is 335 g/mol. The van der Waals surface area contributed by atoms with Crippen molar-refractivity contribution >= 4 is 12.5 Å². The molecule has 0 saturated carbocycles. The topological polar surface area (TPSA) is 75.6 Å². The largest absolute Gasteiger partial charge is 0.391 e. The molecule has 4 atom stereocenters. The van der Waals surface area contributed by atoms with Gasteiger partial charge in [0.1, 0.15) is 24.9 Å². The van der Waals surface area contributed by atoms with Crippen LogP contribution in [0.5, 0.6) is 0 Å². The van der Waals surface area contributed by atoms with Crippen molar-refractivity contribution in [3.63, 3.8) is 0 Å². The van der Waals surface area contributed by atoms with Crippen LogP contribution in [0.3, 0.4) is 0 Å². The standard InChI is InChI=1S/C17H21NO6/c1-17(2)23-15-14(13(10-19)22-16(15)24-17)20-9-8-18-21-11-12-6-4-3-5-7-12/h3-8,10,13-16H,9,11H2,1-2H3/b18-8+/t13-,14+,15-,16-/m1/s1. The number of ether oxygens (including phenoxy) is 4. The third-order valence-corrected chi connectivity index (χ3v) is 3.75. The number of carbonyl (C=O) groups excluding carboxylic acids is 1. The van der Waals surface area contributed by atoms with E-state index in [9.17, 15) is 4.79 Å². The van der Waals surface area contributed by atoms with Crippen LogP contribution in [0.1, 0.15) is 19.4 Å². The Hall–Kier alpha value is -1.80. The van der Waals surface area contributed by atoms with Crippen LogP contribution in [0, 0.1) is 0 Å². The predicted octanol–water partition coefficient (Wildman–Crippen LogP) is 1.65. The normalized spacial score (nSPS) is 31.2. The average Bonchev–Trinajstić information content (AvgIpc) is 3.03. The van der Waals surface area contributed by atoms with Gasteiger partial charge < -0.3 is 28.6 Å². The fraction of sp³-hybridized carbons (Fsp3) is 0.529. The highest BCUT2D eigenvalue weighted by Crippen LogP contribution is 2.38. The van der Waals surface area contributed by atoms with Gasteiger partial charge in [0.25, 0.3) is 0 Å². The molecular formula is C17H21NO6. The van der Waals surface area contributed by atoms with E-state index in [1.54, 1.807) is 13.8 Å². The molecule has 3 rings (SSSR count). The highest BCUT2D eigenvalue weighted by atomic mass is 16.8. The summed E-state index contributed by atoms with van der Waals surface area (Å²) in [6, 6.07) is 9.72. The maximum absolute atomic E-state index is 11.1. The summed E-state index contributed by atoms with van der Waals surface area (Å²) >= 11 is 0. The second-order valence-electron chi connectivity index (χ2n) is 6.05. The summed E-state index contributed by atoms with van der Waals surface area (Å²) in [7, 11) is 0. The molecule has 2 saturated heterocycles. The quantitative estimate of drug-likeness (QED) is 0.428. The second-order valence-corrected chi connectivity index (χ2v) is 6.05. The molecule has 0 radical (unpaired) electrons. The molecule has 0 N–H and O–H groups in total. The van der Waals surface area contributed by atoms with Gasteiger partial charge in [-0.3, -0.25) is 0 Å². The Labute approximate surface area is 140 Å². The molecule has 2 aliphatic heterocycles. The van der Waals surface area contributed by atoms with Crippen molar-refractivity contribution in [1.29, 1.82) is 0 Å². The van der Waals surface area contributed by atoms with Crippen molar-refractivity contribution in [3.05, 3.63) is 35.9 Å². The van der Waals surface area contributed by atoms with E-state index in [0.29, 0.717) is 12.9 Å². The van der Waals surface area contributed by atoms with Gasteiger partial charge in [-0.05, 0) is 19.4 Å². The summed E-state index contributed by atoms with van der Waals surface area (Å²) in [6.07, 6.45) is -0.0740. The molecule has 2 fully saturated rings. The van der Waals surface area contributed by atoms with E-state index >= 15 is 0 Å². The molecule has 7 heteroatoms. The molecule has 0 aromatic heterocycles. The fourth-order valence-corrected chi connectivity index (χ4v) is 2.73. The molecular weight excluding hydrogens is 314 g/mol. The summed E-state index contributed by atoms with van der Waals surface area (Å²) < 4.78 is 22.5. The van der Waals surface area contributed by atoms with Crippen LogP contribution in [0.25, 0.3) is 0 Å². The van der Waals surface area contributed by atoms with Crippen molar-refractivity contribution in [2.75, 3.05) is 6.61 Å². The zero-order chi connectivity index (χ0) is 17.0. The van der Waals surface area contributed by atoms with Crippen molar-refractivity contribution in [2.45, 2.75) is 50.8 Å². The first kappa shape index (κ1) is 17.0. The summed E-state index contributed by atoms with van der Waals surface area (Å²) in [6.45, 7) is 4.15. The number of nitrogens with zero attached hydrogens (tertiary/aromatic N) is 1. The smallest absolute Gasteiger partial charge is 0.190 e. The number of benzene rings is 1. The lowest BCUT2D eigenvalue weighted by Crippen LogP contribution is -2.38. The number of rotatable bonds is 7. The number of fused-ring (bicyclic) bond motifs is 1. The third kappa shape index (κ3) is 3.99. The highest BCUT2D eigenvalue weighted by molar-refractivity contribution is 5.59. The number of hydrogen-bond acceptors (Lipinski definition) is 7. The molecule has 1 aromatic rings. The zero-order valence-corrected chi connectivity index (χ0v) is 13.7. The van der Waals surface area contributed by atoms with Crippen molar-refractivity contribution < 1.29 is 28.6 Å². The van der Waals surface area contributed by atoms with Crippen LogP contribution in [0.4, 0.5) is 0 Å². The minimum absolute atomic E-state index is 0.181. The molecule has 0 bridgehead atoms. The van der Waals surface area contributed by atoms with Gasteiger partial charge in [-0.1, -0.05) is 35.5 Å². The Morgan fingerprint density at radius 1 is 1.25 bits per heavy atom. The summed E-state index contributed by atoms with van der Waals surface area (Å²) in [4.78, 5) is 16.3. The van der Waals surface area contributed by atoms with Gasteiger partial charge in [0, 0.05) is 0 Å². The first-order valence-electron chi connectivity index (χ1n) is 7.85. The van der Waals surface area contributed by atoms with Crippen LogP contribution in [0.2, 0.25) is 0 Å². The van der Waals surface area contributed by atoms with Gasteiger partial charge in [0.15, 0.2) is 18.4 Å². The van der Waals surface area contributed by atoms with Gasteiger partial charge in [0.05, 0.1) is 12.8 Å². The molecule has 7 nitrogen and oxygen atoms in total. The lowest BCUT2D eigenvalue weighted by molar-refractivity contribution is -0.214. The molecule has 2 aliphatic rings. The SMILES string of the molecule is CC1(C)O[C@H]2O[C@H](C=O)[C@H](OC/C=N/OCc3ccccc3)[C@H]2O1. The van der Waals surface area contributed by atoms with Crippen molar-refractivity contribution in [2.24, 2.45) is 5.16 Å². The van der Waals surface area contributed by atoms with E-state index < -0.39 is 30.4 Å². The van der Waals surface area contributed by atoms with Gasteiger partial charge in [-0.15, -0.1) is 0 Å². The number of oxime groups is 1. The van der Waals surface area contributed by atoms with E-state index in [4.69, 9.17) is 23.8 Å². The Morgan fingerprint density at radius 2 is 2.04 bits per heavy atom. The lowest BCUT2D eigenvalue weighted by Gasteiger charge is -2.23. The third-order valence-electron chi connectivity index (χ3n) is 3.75. The van der Waals surface area contributed by atoms with E-state index in [2.05, 4.69) is 5.16 Å². The molecule has 24 heavy (non-hydrogen) atoms. The summed E-state index contributed by atoms with van der Waals surface area (Å²) in [5.41, 5.74) is 1.03. The maximum atomic E-state index is 11.1. The molecule has 1 aromatic carbocycles. The Kier molecular flexibility index (Phi) is 5.25. The minimum Gasteiger partial charge on any atom is -0.391 e. The number of aldehydes is 1. The van der Waals surface area contributed by atoms with Gasteiger partial charge >= 0.3 is 0 Å². The second kappa shape index (κ2) is 7.40. The first-order chi connectivity index (χ1) is 11.6. The maximum Gasteiger partial charge on any atom is 0.190 e. The Morgan fingerprint density at radius 3 is 2.79 bits per heavy atom. The molecule has 130 valence electrons. The van der Waals surface area contributed by atoms with E-state index in [1.165, 1.54) is 6.21 Å². The highest BCUT2D eigenvalue weighted by Gasteiger charge is 2.55. The lowest BCUT2D eigenvalue weighted by atomic mass is 10.1. The Balaban J connectivity index is 1.45. The number of hydrogen-bond donors (Lipinski definition) is 0. The Bertz CT molecular complexity index is 576. The van der Waals surface area contributed by atoms with Crippen LogP contribution in [-0.4, -0.2) is 49.5 Å². The van der Waals surface area contributed by atoms with Crippen LogP contribution in [-0.2, 0) is 35.2 Å². The molecule has 0 spiro atoms. The summed E-state index contributed by atoms with van der Waals surface area (Å²) in [5.74, 6) is -0.752. The van der Waals surface area contributed by atoms with Crippen LogP contribution >= 0.6 is 0 Å².